The van der Waals surface area contributed by atoms with E-state index in [0.29, 0.717) is 18.0 Å². The molecule has 0 saturated heterocycles. The Balaban J connectivity index is 3.69. The Hall–Kier alpha value is -0.310. The monoisotopic (exact) mass is 188 g/mol. The van der Waals surface area contributed by atoms with Gasteiger partial charge in [-0.25, -0.2) is 0 Å². The highest BCUT2D eigenvalue weighted by atomic mass is 32.1. The van der Waals surface area contributed by atoms with E-state index >= 15 is 0 Å². The quantitative estimate of drug-likeness (QED) is 0.662. The lowest BCUT2D eigenvalue weighted by Crippen LogP contribution is -2.45. The topological polar surface area (TPSA) is 24.1 Å². The fourth-order valence-corrected chi connectivity index (χ4v) is 1.10. The van der Waals surface area contributed by atoms with Gasteiger partial charge in [0.1, 0.15) is 0 Å². The first-order valence-corrected chi connectivity index (χ1v) is 4.91. The molecular formula is C9H20N2S. The zero-order valence-corrected chi connectivity index (χ0v) is 9.46. The maximum Gasteiger partial charge on any atom is 0.166 e. The Morgan fingerprint density at radius 1 is 1.00 bits per heavy atom. The average Bonchev–Trinajstić information content (AvgIpc) is 1.84. The molecule has 0 aliphatic heterocycles. The minimum absolute atomic E-state index is 0.407. The Morgan fingerprint density at radius 3 is 1.83 bits per heavy atom. The number of rotatable bonds is 3. The van der Waals surface area contributed by atoms with Crippen molar-refractivity contribution in [3.8, 4) is 0 Å². The average molecular weight is 188 g/mol. The number of hydrogen-bond donors (Lipinski definition) is 2. The van der Waals surface area contributed by atoms with Crippen molar-refractivity contribution in [2.75, 3.05) is 0 Å². The van der Waals surface area contributed by atoms with E-state index in [0.717, 1.165) is 5.11 Å². The molecule has 3 heteroatoms. The van der Waals surface area contributed by atoms with Crippen molar-refractivity contribution in [1.82, 2.24) is 10.6 Å². The van der Waals surface area contributed by atoms with Crippen molar-refractivity contribution >= 4 is 17.3 Å². The molecule has 0 rings (SSSR count). The van der Waals surface area contributed by atoms with Crippen molar-refractivity contribution in [3.63, 3.8) is 0 Å². The zero-order chi connectivity index (χ0) is 9.72. The van der Waals surface area contributed by atoms with Crippen LogP contribution in [0.5, 0.6) is 0 Å². The summed E-state index contributed by atoms with van der Waals surface area (Å²) in [4.78, 5) is 0. The van der Waals surface area contributed by atoms with E-state index in [1.807, 2.05) is 0 Å². The minimum Gasteiger partial charge on any atom is -0.361 e. The van der Waals surface area contributed by atoms with Crippen LogP contribution in [-0.4, -0.2) is 17.2 Å². The Bertz CT molecular complexity index is 143. The van der Waals surface area contributed by atoms with Crippen LogP contribution in [0.15, 0.2) is 0 Å². The van der Waals surface area contributed by atoms with Crippen LogP contribution in [0.4, 0.5) is 0 Å². The fraction of sp³-hybridized carbons (Fsp3) is 0.889. The number of hydrogen-bond acceptors (Lipinski definition) is 1. The van der Waals surface area contributed by atoms with Crippen molar-refractivity contribution in [2.45, 2.75) is 46.7 Å². The van der Waals surface area contributed by atoms with Gasteiger partial charge in [0.05, 0.1) is 0 Å². The standard InChI is InChI=1S/C9H20N2S/c1-6(2)8(5)11-9(12)10-7(3)4/h6-8H,1-5H3,(H2,10,11,12). The van der Waals surface area contributed by atoms with Crippen molar-refractivity contribution in [3.05, 3.63) is 0 Å². The lowest BCUT2D eigenvalue weighted by Gasteiger charge is -2.21. The van der Waals surface area contributed by atoms with Gasteiger partial charge in [0.15, 0.2) is 5.11 Å². The second kappa shape index (κ2) is 5.36. The van der Waals surface area contributed by atoms with Crippen LogP contribution >= 0.6 is 12.2 Å². The molecule has 0 saturated carbocycles. The third kappa shape index (κ3) is 5.35. The van der Waals surface area contributed by atoms with Gasteiger partial charge in [-0.2, -0.15) is 0 Å². The third-order valence-electron chi connectivity index (χ3n) is 1.78. The number of thiocarbonyl (C=S) groups is 1. The third-order valence-corrected chi connectivity index (χ3v) is 2.01. The second-order valence-electron chi connectivity index (χ2n) is 3.81. The molecule has 0 aromatic heterocycles. The highest BCUT2D eigenvalue weighted by Crippen LogP contribution is 1.99. The lowest BCUT2D eigenvalue weighted by molar-refractivity contribution is 0.482. The predicted molar refractivity (Wildman–Crippen MR) is 58.3 cm³/mol. The molecule has 0 aromatic rings. The first kappa shape index (κ1) is 11.7. The molecule has 0 bridgehead atoms. The Morgan fingerprint density at radius 2 is 1.50 bits per heavy atom. The van der Waals surface area contributed by atoms with Crippen LogP contribution in [0.25, 0.3) is 0 Å². The van der Waals surface area contributed by atoms with Gasteiger partial charge in [-0.3, -0.25) is 0 Å². The van der Waals surface area contributed by atoms with Crippen molar-refractivity contribution in [2.24, 2.45) is 5.92 Å². The highest BCUT2D eigenvalue weighted by Gasteiger charge is 2.07. The first-order valence-electron chi connectivity index (χ1n) is 4.50. The molecule has 0 aliphatic carbocycles. The molecule has 0 heterocycles. The summed E-state index contributed by atoms with van der Waals surface area (Å²) in [5, 5.41) is 7.14. The normalized spacial score (nSPS) is 13.2. The van der Waals surface area contributed by atoms with Gasteiger partial charge in [0, 0.05) is 12.1 Å². The van der Waals surface area contributed by atoms with Crippen LogP contribution in [-0.2, 0) is 0 Å². The molecule has 72 valence electrons. The van der Waals surface area contributed by atoms with Gasteiger partial charge in [0.2, 0.25) is 0 Å². The predicted octanol–water partition coefficient (Wildman–Crippen LogP) is 1.90. The van der Waals surface area contributed by atoms with E-state index < -0.39 is 0 Å². The molecule has 0 aromatic carbocycles. The summed E-state index contributed by atoms with van der Waals surface area (Å²) in [7, 11) is 0. The van der Waals surface area contributed by atoms with Gasteiger partial charge >= 0.3 is 0 Å². The SMILES string of the molecule is CC(C)NC(=S)NC(C)C(C)C. The molecule has 1 unspecified atom stereocenters. The smallest absolute Gasteiger partial charge is 0.166 e. The van der Waals surface area contributed by atoms with E-state index in [9.17, 15) is 0 Å². The van der Waals surface area contributed by atoms with Gasteiger partial charge in [-0.1, -0.05) is 13.8 Å². The molecule has 0 spiro atoms. The van der Waals surface area contributed by atoms with Crippen LogP contribution in [0.3, 0.4) is 0 Å². The van der Waals surface area contributed by atoms with Crippen LogP contribution < -0.4 is 10.6 Å². The molecule has 0 fully saturated rings. The molecule has 12 heavy (non-hydrogen) atoms. The van der Waals surface area contributed by atoms with E-state index in [2.05, 4.69) is 45.3 Å². The molecule has 0 aliphatic rings. The van der Waals surface area contributed by atoms with Gasteiger partial charge in [0.25, 0.3) is 0 Å². The number of nitrogens with one attached hydrogen (secondary N) is 2. The van der Waals surface area contributed by atoms with Crippen molar-refractivity contribution < 1.29 is 0 Å². The summed E-state index contributed by atoms with van der Waals surface area (Å²) >= 11 is 5.10. The Kier molecular flexibility index (Phi) is 5.22. The first-order chi connectivity index (χ1) is 5.43. The van der Waals surface area contributed by atoms with Gasteiger partial charge in [-0.05, 0) is 38.9 Å². The minimum atomic E-state index is 0.407. The van der Waals surface area contributed by atoms with E-state index in [-0.39, 0.29) is 0 Å². The van der Waals surface area contributed by atoms with E-state index in [1.165, 1.54) is 0 Å². The molecular weight excluding hydrogens is 168 g/mol. The molecule has 2 nitrogen and oxygen atoms in total. The Labute approximate surface area is 81.1 Å². The van der Waals surface area contributed by atoms with E-state index in [1.54, 1.807) is 0 Å². The summed E-state index contributed by atoms with van der Waals surface area (Å²) in [5.41, 5.74) is 0. The van der Waals surface area contributed by atoms with Crippen LogP contribution in [0.1, 0.15) is 34.6 Å². The van der Waals surface area contributed by atoms with Gasteiger partial charge < -0.3 is 10.6 Å². The zero-order valence-electron chi connectivity index (χ0n) is 8.64. The lowest BCUT2D eigenvalue weighted by atomic mass is 10.1. The van der Waals surface area contributed by atoms with E-state index in [4.69, 9.17) is 12.2 Å². The highest BCUT2D eigenvalue weighted by molar-refractivity contribution is 7.80. The second-order valence-corrected chi connectivity index (χ2v) is 4.21. The summed E-state index contributed by atoms with van der Waals surface area (Å²) < 4.78 is 0. The maximum atomic E-state index is 5.10. The van der Waals surface area contributed by atoms with Gasteiger partial charge in [-0.15, -0.1) is 0 Å². The van der Waals surface area contributed by atoms with Crippen LogP contribution in [0.2, 0.25) is 0 Å². The maximum absolute atomic E-state index is 5.10. The summed E-state index contributed by atoms with van der Waals surface area (Å²) in [6.45, 7) is 10.6. The molecule has 0 radical (unpaired) electrons. The molecule has 2 N–H and O–H groups in total. The summed E-state index contributed by atoms with van der Waals surface area (Å²) in [6.07, 6.45) is 0. The van der Waals surface area contributed by atoms with Crippen LogP contribution in [0, 0.1) is 5.92 Å². The summed E-state index contributed by atoms with van der Waals surface area (Å²) in [5.74, 6) is 0.608. The molecule has 0 amide bonds. The molecule has 1 atom stereocenters. The summed E-state index contributed by atoms with van der Waals surface area (Å²) in [6, 6.07) is 0.841. The van der Waals surface area contributed by atoms with Crippen molar-refractivity contribution in [1.29, 1.82) is 0 Å². The largest absolute Gasteiger partial charge is 0.361 e. The fourth-order valence-electron chi connectivity index (χ4n) is 0.677.